The molecule has 0 spiro atoms. The molecule has 0 bridgehead atoms. The molecular weight excluding hydrogens is 372 g/mol. The van der Waals surface area contributed by atoms with Crippen molar-refractivity contribution in [3.63, 3.8) is 0 Å². The van der Waals surface area contributed by atoms with Gasteiger partial charge in [0, 0.05) is 7.11 Å². The first-order valence-electron chi connectivity index (χ1n) is 9.58. The van der Waals surface area contributed by atoms with E-state index < -0.39 is 11.8 Å². The van der Waals surface area contributed by atoms with Gasteiger partial charge >= 0.3 is 0 Å². The van der Waals surface area contributed by atoms with E-state index in [0.29, 0.717) is 36.2 Å². The fourth-order valence-corrected chi connectivity index (χ4v) is 2.63. The third-order valence-electron chi connectivity index (χ3n) is 4.41. The summed E-state index contributed by atoms with van der Waals surface area (Å²) < 4.78 is 16.1. The Balaban J connectivity index is 1.88. The zero-order valence-corrected chi connectivity index (χ0v) is 17.1. The number of hydrogen-bond donors (Lipinski definition) is 2. The summed E-state index contributed by atoms with van der Waals surface area (Å²) in [6.07, 6.45) is 0.967. The first kappa shape index (κ1) is 22.2. The van der Waals surface area contributed by atoms with Crippen molar-refractivity contribution in [3.05, 3.63) is 59.7 Å². The molecule has 7 nitrogen and oxygen atoms in total. The van der Waals surface area contributed by atoms with Crippen molar-refractivity contribution in [2.45, 2.75) is 26.2 Å². The number of nitrogens with one attached hydrogen (secondary N) is 2. The zero-order chi connectivity index (χ0) is 21.1. The Morgan fingerprint density at radius 1 is 0.931 bits per heavy atom. The van der Waals surface area contributed by atoms with Gasteiger partial charge < -0.3 is 14.2 Å². The van der Waals surface area contributed by atoms with Crippen LogP contribution in [0, 0.1) is 0 Å². The van der Waals surface area contributed by atoms with Gasteiger partial charge in [-0.2, -0.15) is 0 Å². The van der Waals surface area contributed by atoms with E-state index in [1.807, 2.05) is 24.3 Å². The minimum Gasteiger partial charge on any atom is -0.490 e. The molecule has 0 aliphatic carbocycles. The Morgan fingerprint density at radius 2 is 1.62 bits per heavy atom. The molecule has 7 heteroatoms. The SMILES string of the molecule is CCC(C)c1ccccc1OCC(=O)NNC(=O)c1ccccc1OCCOC. The van der Waals surface area contributed by atoms with E-state index in [9.17, 15) is 9.59 Å². The van der Waals surface area contributed by atoms with Crippen molar-refractivity contribution in [1.82, 2.24) is 10.9 Å². The summed E-state index contributed by atoms with van der Waals surface area (Å²) in [7, 11) is 1.57. The van der Waals surface area contributed by atoms with Gasteiger partial charge in [-0.3, -0.25) is 20.4 Å². The highest BCUT2D eigenvalue weighted by molar-refractivity contribution is 5.97. The summed E-state index contributed by atoms with van der Waals surface area (Å²) in [5, 5.41) is 0. The summed E-state index contributed by atoms with van der Waals surface area (Å²) >= 11 is 0. The van der Waals surface area contributed by atoms with E-state index in [1.165, 1.54) is 0 Å². The Kier molecular flexibility index (Phi) is 8.98. The Morgan fingerprint density at radius 3 is 2.34 bits per heavy atom. The molecule has 0 aliphatic rings. The fraction of sp³-hybridized carbons (Fsp3) is 0.364. The van der Waals surface area contributed by atoms with Gasteiger partial charge in [-0.25, -0.2) is 0 Å². The predicted octanol–water partition coefficient (Wildman–Crippen LogP) is 3.07. The van der Waals surface area contributed by atoms with Gasteiger partial charge in [0.2, 0.25) is 0 Å². The number of methoxy groups -OCH3 is 1. The number of hydrazine groups is 1. The maximum atomic E-state index is 12.4. The molecule has 2 aromatic rings. The molecule has 2 aromatic carbocycles. The number of ether oxygens (including phenoxy) is 3. The van der Waals surface area contributed by atoms with Crippen LogP contribution in [-0.4, -0.2) is 38.7 Å². The van der Waals surface area contributed by atoms with E-state index in [4.69, 9.17) is 14.2 Å². The summed E-state index contributed by atoms with van der Waals surface area (Å²) in [6.45, 7) is 4.72. The maximum Gasteiger partial charge on any atom is 0.276 e. The first-order chi connectivity index (χ1) is 14.1. The average Bonchev–Trinajstić information content (AvgIpc) is 2.76. The van der Waals surface area contributed by atoms with Crippen molar-refractivity contribution < 1.29 is 23.8 Å². The molecule has 0 aliphatic heterocycles. The lowest BCUT2D eigenvalue weighted by atomic mass is 9.98. The summed E-state index contributed by atoms with van der Waals surface area (Å²) in [5.74, 6) is 0.459. The third kappa shape index (κ3) is 6.80. The minimum atomic E-state index is -0.480. The first-order valence-corrected chi connectivity index (χ1v) is 9.58. The van der Waals surface area contributed by atoms with Gasteiger partial charge in [0.05, 0.1) is 12.2 Å². The molecule has 156 valence electrons. The highest BCUT2D eigenvalue weighted by atomic mass is 16.5. The molecule has 0 heterocycles. The van der Waals surface area contributed by atoms with Crippen LogP contribution in [0.4, 0.5) is 0 Å². The van der Waals surface area contributed by atoms with Crippen molar-refractivity contribution in [3.8, 4) is 11.5 Å². The molecule has 0 aromatic heterocycles. The lowest BCUT2D eigenvalue weighted by molar-refractivity contribution is -0.123. The lowest BCUT2D eigenvalue weighted by Crippen LogP contribution is -2.44. The number of amides is 2. The van der Waals surface area contributed by atoms with Crippen molar-refractivity contribution >= 4 is 11.8 Å². The van der Waals surface area contributed by atoms with E-state index in [2.05, 4.69) is 24.7 Å². The smallest absolute Gasteiger partial charge is 0.276 e. The molecule has 0 fully saturated rings. The second-order valence-corrected chi connectivity index (χ2v) is 6.48. The number of carbonyl (C=O) groups excluding carboxylic acids is 2. The molecule has 0 radical (unpaired) electrons. The summed E-state index contributed by atoms with van der Waals surface area (Å²) in [4.78, 5) is 24.5. The third-order valence-corrected chi connectivity index (χ3v) is 4.41. The summed E-state index contributed by atoms with van der Waals surface area (Å²) in [6, 6.07) is 14.4. The Bertz CT molecular complexity index is 809. The average molecular weight is 400 g/mol. The molecule has 0 saturated heterocycles. The second kappa shape index (κ2) is 11.7. The van der Waals surface area contributed by atoms with Gasteiger partial charge in [0.1, 0.15) is 18.1 Å². The van der Waals surface area contributed by atoms with Crippen LogP contribution in [0.2, 0.25) is 0 Å². The van der Waals surface area contributed by atoms with Gasteiger partial charge in [0.15, 0.2) is 6.61 Å². The van der Waals surface area contributed by atoms with Crippen LogP contribution in [0.1, 0.15) is 42.1 Å². The van der Waals surface area contributed by atoms with Crippen molar-refractivity contribution in [1.29, 1.82) is 0 Å². The number of para-hydroxylation sites is 2. The van der Waals surface area contributed by atoms with Crippen LogP contribution in [0.25, 0.3) is 0 Å². The Hall–Kier alpha value is -3.06. The molecule has 29 heavy (non-hydrogen) atoms. The van der Waals surface area contributed by atoms with E-state index in [1.54, 1.807) is 31.4 Å². The van der Waals surface area contributed by atoms with E-state index in [-0.39, 0.29) is 6.61 Å². The summed E-state index contributed by atoms with van der Waals surface area (Å²) in [5.41, 5.74) is 6.11. The highest BCUT2D eigenvalue weighted by Crippen LogP contribution is 2.28. The number of carbonyl (C=O) groups is 2. The number of hydrogen-bond acceptors (Lipinski definition) is 5. The standard InChI is InChI=1S/C22H28N2O5/c1-4-16(2)17-9-5-7-11-19(17)29-15-21(25)23-24-22(26)18-10-6-8-12-20(18)28-14-13-27-3/h5-12,16H,4,13-15H2,1-3H3,(H,23,25)(H,24,26). The molecule has 2 rings (SSSR count). The minimum absolute atomic E-state index is 0.209. The number of rotatable bonds is 10. The maximum absolute atomic E-state index is 12.4. The van der Waals surface area contributed by atoms with E-state index in [0.717, 1.165) is 12.0 Å². The van der Waals surface area contributed by atoms with Gasteiger partial charge in [-0.05, 0) is 36.1 Å². The Labute approximate surface area is 171 Å². The van der Waals surface area contributed by atoms with Gasteiger partial charge in [0.25, 0.3) is 11.8 Å². The quantitative estimate of drug-likeness (QED) is 0.473. The molecular formula is C22H28N2O5. The van der Waals surface area contributed by atoms with Crippen LogP contribution in [0.15, 0.2) is 48.5 Å². The molecule has 2 N–H and O–H groups in total. The van der Waals surface area contributed by atoms with Crippen LogP contribution in [-0.2, 0) is 9.53 Å². The monoisotopic (exact) mass is 400 g/mol. The van der Waals surface area contributed by atoms with Crippen molar-refractivity contribution in [2.75, 3.05) is 26.9 Å². The highest BCUT2D eigenvalue weighted by Gasteiger charge is 2.14. The van der Waals surface area contributed by atoms with Crippen LogP contribution >= 0.6 is 0 Å². The molecule has 1 atom stereocenters. The second-order valence-electron chi connectivity index (χ2n) is 6.48. The van der Waals surface area contributed by atoms with Crippen LogP contribution < -0.4 is 20.3 Å². The molecule has 1 unspecified atom stereocenters. The predicted molar refractivity (Wildman–Crippen MR) is 110 cm³/mol. The van der Waals surface area contributed by atoms with E-state index >= 15 is 0 Å². The van der Waals surface area contributed by atoms with Gasteiger partial charge in [-0.1, -0.05) is 44.2 Å². The normalized spacial score (nSPS) is 11.4. The topological polar surface area (TPSA) is 85.9 Å². The van der Waals surface area contributed by atoms with Crippen LogP contribution in [0.3, 0.4) is 0 Å². The number of benzene rings is 2. The van der Waals surface area contributed by atoms with Gasteiger partial charge in [-0.15, -0.1) is 0 Å². The largest absolute Gasteiger partial charge is 0.490 e. The fourth-order valence-electron chi connectivity index (χ4n) is 2.63. The lowest BCUT2D eigenvalue weighted by Gasteiger charge is -2.16. The molecule has 2 amide bonds. The van der Waals surface area contributed by atoms with Crippen molar-refractivity contribution in [2.24, 2.45) is 0 Å². The zero-order valence-electron chi connectivity index (χ0n) is 17.1. The van der Waals surface area contributed by atoms with Crippen LogP contribution in [0.5, 0.6) is 11.5 Å². The molecule has 0 saturated carbocycles.